The van der Waals surface area contributed by atoms with Gasteiger partial charge in [-0.25, -0.2) is 4.99 Å². The Morgan fingerprint density at radius 1 is 1.04 bits per heavy atom. The van der Waals surface area contributed by atoms with E-state index in [2.05, 4.69) is 33.2 Å². The van der Waals surface area contributed by atoms with E-state index in [1.807, 2.05) is 0 Å². The summed E-state index contributed by atoms with van der Waals surface area (Å²) in [5.74, 6) is 1.54. The second-order valence-corrected chi connectivity index (χ2v) is 6.69. The molecular formula is C12H14N3O4S3Y3-. The summed E-state index contributed by atoms with van der Waals surface area (Å²) in [5, 5.41) is 13.9. The number of methoxy groups -OCH3 is 1. The average Bonchev–Trinajstić information content (AvgIpc) is 3.15. The van der Waals surface area contributed by atoms with Crippen LogP contribution in [0.1, 0.15) is 0 Å². The second kappa shape index (κ2) is 18.0. The number of rotatable bonds is 0. The van der Waals surface area contributed by atoms with Crippen LogP contribution >= 0.6 is 35.3 Å². The number of ether oxygens (including phenoxy) is 1. The van der Waals surface area contributed by atoms with Crippen molar-refractivity contribution in [2.75, 3.05) is 24.4 Å². The van der Waals surface area contributed by atoms with Crippen LogP contribution in [0.4, 0.5) is 0 Å². The molecule has 25 heavy (non-hydrogen) atoms. The van der Waals surface area contributed by atoms with Crippen LogP contribution in [0.2, 0.25) is 0 Å². The van der Waals surface area contributed by atoms with Crippen molar-refractivity contribution in [1.29, 1.82) is 0 Å². The number of carbonyl (C=O) groups excluding carboxylic acids is 2. The Morgan fingerprint density at radius 2 is 1.68 bits per heavy atom. The van der Waals surface area contributed by atoms with Crippen LogP contribution in [0.3, 0.4) is 0 Å². The number of thioether (sulfide) groups is 3. The normalized spacial score (nSPS) is 17.2. The molecule has 0 aromatic rings. The van der Waals surface area contributed by atoms with Gasteiger partial charge in [-0.3, -0.25) is 4.79 Å². The third-order valence-corrected chi connectivity index (χ3v) is 4.48. The zero-order valence-corrected chi connectivity index (χ0v) is 24.5. The zero-order valence-electron chi connectivity index (χ0n) is 13.5. The quantitative estimate of drug-likeness (QED) is 0.441. The van der Waals surface area contributed by atoms with Crippen LogP contribution in [-0.4, -0.2) is 52.4 Å². The molecule has 129 valence electrons. The Bertz CT molecular complexity index is 545. The van der Waals surface area contributed by atoms with Gasteiger partial charge in [0.05, 0.1) is 29.6 Å². The molecule has 3 rings (SSSR count). The van der Waals surface area contributed by atoms with Crippen molar-refractivity contribution in [1.82, 2.24) is 0 Å². The molecule has 0 spiro atoms. The van der Waals surface area contributed by atoms with E-state index in [1.165, 1.54) is 42.4 Å². The van der Waals surface area contributed by atoms with Crippen LogP contribution < -0.4 is 0 Å². The molecule has 13 heteroatoms. The summed E-state index contributed by atoms with van der Waals surface area (Å²) < 4.78 is 4.67. The van der Waals surface area contributed by atoms with Crippen molar-refractivity contribution < 1.29 is 118 Å². The SMILES string of the molecule is C=C1N=C(O)CS1.C=C1[N-]C(=O)CS1.COC1=NC(=O)CS1.[Y].[Y].[Y]. The largest absolute Gasteiger partial charge is 0.621 e. The maximum Gasteiger partial charge on any atom is 0.259 e. The van der Waals surface area contributed by atoms with Gasteiger partial charge in [0.1, 0.15) is 0 Å². The van der Waals surface area contributed by atoms with Gasteiger partial charge in [0.2, 0.25) is 0 Å². The molecule has 3 aliphatic rings. The van der Waals surface area contributed by atoms with Crippen molar-refractivity contribution >= 4 is 58.2 Å². The summed E-state index contributed by atoms with van der Waals surface area (Å²) in [4.78, 5) is 27.7. The molecule has 0 aromatic carbocycles. The summed E-state index contributed by atoms with van der Waals surface area (Å²) in [6.07, 6.45) is 0. The first-order valence-electron chi connectivity index (χ1n) is 5.83. The number of aliphatic hydroxyl groups is 1. The Labute approximate surface area is 234 Å². The minimum absolute atomic E-state index is 0. The fraction of sp³-hybridized carbons (Fsp3) is 0.333. The van der Waals surface area contributed by atoms with E-state index in [1.54, 1.807) is 0 Å². The molecule has 1 saturated heterocycles. The first kappa shape index (κ1) is 31.6. The van der Waals surface area contributed by atoms with Crippen molar-refractivity contribution in [2.45, 2.75) is 0 Å². The predicted octanol–water partition coefficient (Wildman–Crippen LogP) is 2.52. The first-order chi connectivity index (χ1) is 10.4. The van der Waals surface area contributed by atoms with Crippen molar-refractivity contribution in [3.8, 4) is 0 Å². The maximum atomic E-state index is 10.3. The summed E-state index contributed by atoms with van der Waals surface area (Å²) in [5.41, 5.74) is 0. The molecule has 0 unspecified atom stereocenters. The molecule has 0 bridgehead atoms. The minimum atomic E-state index is -0.105. The first-order valence-corrected chi connectivity index (χ1v) is 8.79. The van der Waals surface area contributed by atoms with E-state index < -0.39 is 0 Å². The van der Waals surface area contributed by atoms with E-state index in [-0.39, 0.29) is 116 Å². The van der Waals surface area contributed by atoms with Crippen LogP contribution in [0.25, 0.3) is 5.32 Å². The van der Waals surface area contributed by atoms with E-state index in [0.29, 0.717) is 32.5 Å². The number of hydrogen-bond acceptors (Lipinski definition) is 7. The summed E-state index contributed by atoms with van der Waals surface area (Å²) in [7, 11) is 1.50. The van der Waals surface area contributed by atoms with Gasteiger partial charge in [-0.05, 0) is 0 Å². The molecule has 3 radical (unpaired) electrons. The minimum Gasteiger partial charge on any atom is -0.621 e. The Morgan fingerprint density at radius 3 is 1.84 bits per heavy atom. The molecule has 0 saturated carbocycles. The molecule has 0 aliphatic carbocycles. The average molecular weight is 627 g/mol. The summed E-state index contributed by atoms with van der Waals surface area (Å²) in [6.45, 7) is 7.00. The summed E-state index contributed by atoms with van der Waals surface area (Å²) >= 11 is 4.18. The molecule has 1 N–H and O–H groups in total. The van der Waals surface area contributed by atoms with Gasteiger partial charge in [-0.15, -0.1) is 23.4 Å². The van der Waals surface area contributed by atoms with E-state index >= 15 is 0 Å². The fourth-order valence-corrected chi connectivity index (χ4v) is 2.75. The molecule has 7 nitrogen and oxygen atoms in total. The third-order valence-electron chi connectivity index (χ3n) is 1.94. The molecule has 2 amide bonds. The molecule has 3 aliphatic heterocycles. The number of amides is 2. The monoisotopic (exact) mass is 627 g/mol. The van der Waals surface area contributed by atoms with E-state index in [0.717, 1.165) is 0 Å². The Kier molecular flexibility index (Phi) is 22.7. The van der Waals surface area contributed by atoms with Gasteiger partial charge in [0.25, 0.3) is 11.1 Å². The van der Waals surface area contributed by atoms with Crippen molar-refractivity contribution in [3.63, 3.8) is 0 Å². The number of carbonyl (C=O) groups is 2. The summed E-state index contributed by atoms with van der Waals surface area (Å²) in [6, 6.07) is 0. The van der Waals surface area contributed by atoms with Crippen LogP contribution in [0.15, 0.2) is 33.2 Å². The topological polar surface area (TPSA) is 102 Å². The Balaban J connectivity index is -0.000000275. The van der Waals surface area contributed by atoms with Crippen LogP contribution in [-0.2, 0) is 112 Å². The standard InChI is InChI=1S/C4H5NO2S.2C4H5NOS.3Y/c1-7-4-5-3(6)2-8-4;2*1-3-5-4(6)2-7-3;;;/h2H2,1H3;2*1-2H2,(H,5,6);;;/p-1. The van der Waals surface area contributed by atoms with Crippen molar-refractivity contribution in [3.05, 3.63) is 28.5 Å². The van der Waals surface area contributed by atoms with Gasteiger partial charge >= 0.3 is 0 Å². The maximum absolute atomic E-state index is 10.3. The fourth-order valence-electron chi connectivity index (χ4n) is 1.10. The van der Waals surface area contributed by atoms with E-state index in [4.69, 9.17) is 5.11 Å². The molecule has 0 aromatic heterocycles. The molecule has 1 fully saturated rings. The second-order valence-electron chi connectivity index (χ2n) is 3.66. The molecular weight excluding hydrogens is 613 g/mol. The smallest absolute Gasteiger partial charge is 0.259 e. The van der Waals surface area contributed by atoms with Crippen LogP contribution in [0.5, 0.6) is 0 Å². The van der Waals surface area contributed by atoms with E-state index in [9.17, 15) is 9.59 Å². The Hall–Kier alpha value is 1.92. The van der Waals surface area contributed by atoms with Gasteiger partial charge in [0, 0.05) is 104 Å². The number of aliphatic hydroxyl groups excluding tert-OH is 1. The van der Waals surface area contributed by atoms with Crippen LogP contribution in [0, 0.1) is 0 Å². The van der Waals surface area contributed by atoms with Gasteiger partial charge in [-0.2, -0.15) is 4.99 Å². The van der Waals surface area contributed by atoms with Gasteiger partial charge < -0.3 is 20.0 Å². The van der Waals surface area contributed by atoms with Gasteiger partial charge in [-0.1, -0.05) is 30.1 Å². The predicted molar refractivity (Wildman–Crippen MR) is 93.5 cm³/mol. The zero-order chi connectivity index (χ0) is 16.5. The van der Waals surface area contributed by atoms with Gasteiger partial charge in [0.15, 0.2) is 5.90 Å². The number of nitrogens with zero attached hydrogens (tertiary/aromatic N) is 3. The number of aliphatic imine (C=N–C) groups is 2. The van der Waals surface area contributed by atoms with Crippen molar-refractivity contribution in [2.24, 2.45) is 9.98 Å². The molecule has 3 heterocycles. The third kappa shape index (κ3) is 15.5. The molecule has 0 atom stereocenters. The number of hydrogen-bond donors (Lipinski definition) is 1.